The minimum atomic E-state index is -1.74. The average molecular weight is 239 g/mol. The molecule has 5 nitrogen and oxygen atoms in total. The van der Waals surface area contributed by atoms with Crippen LogP contribution in [0.2, 0.25) is 0 Å². The van der Waals surface area contributed by atoms with Crippen molar-refractivity contribution in [3.05, 3.63) is 0 Å². The van der Waals surface area contributed by atoms with Gasteiger partial charge in [0.25, 0.3) is 0 Å². The first kappa shape index (κ1) is 13.0. The molecule has 0 aromatic carbocycles. The predicted octanol–water partition coefficient (Wildman–Crippen LogP) is -1.55. The summed E-state index contributed by atoms with van der Waals surface area (Å²) in [7, 11) is 0. The quantitative estimate of drug-likeness (QED) is 0.360. The zero-order valence-corrected chi connectivity index (χ0v) is 9.48. The minimum Gasteiger partial charge on any atom is -0.394 e. The zero-order chi connectivity index (χ0) is 13.1. The second kappa shape index (κ2) is 6.47. The first-order valence-corrected chi connectivity index (χ1v) is 4.91. The van der Waals surface area contributed by atoms with E-state index in [0.717, 1.165) is 0 Å². The van der Waals surface area contributed by atoms with Crippen molar-refractivity contribution < 1.29 is 26.9 Å². The molecule has 0 saturated heterocycles. The standard InChI is InChI=1S/C9H18O5S/c1-4(2)9(15)8(14)7(13)6(12)5(11)3-10/h4-8,10-14H,3H2,1-2H3/t5-,6+,7+,8-/m1/s1/i4D. The van der Waals surface area contributed by atoms with Crippen LogP contribution in [0.3, 0.4) is 0 Å². The summed E-state index contributed by atoms with van der Waals surface area (Å²) in [6, 6.07) is 0. The van der Waals surface area contributed by atoms with Gasteiger partial charge in [0, 0.05) is 6.24 Å². The van der Waals surface area contributed by atoms with Crippen molar-refractivity contribution in [3.63, 3.8) is 0 Å². The van der Waals surface area contributed by atoms with E-state index in [2.05, 4.69) is 0 Å². The number of aliphatic hydroxyl groups is 5. The minimum absolute atomic E-state index is 0.149. The van der Waals surface area contributed by atoms with Crippen molar-refractivity contribution in [1.82, 2.24) is 0 Å². The summed E-state index contributed by atoms with van der Waals surface area (Å²) >= 11 is 4.78. The van der Waals surface area contributed by atoms with Gasteiger partial charge in [-0.25, -0.2) is 0 Å². The SMILES string of the molecule is [2H]C(C)(C)C(=S)[C@H](O)[C@@H](O)[C@@H](O)[C@H](O)CO. The Morgan fingerprint density at radius 3 is 2.00 bits per heavy atom. The van der Waals surface area contributed by atoms with Crippen LogP contribution < -0.4 is 0 Å². The first-order chi connectivity index (χ1) is 7.12. The van der Waals surface area contributed by atoms with Gasteiger partial charge in [-0.3, -0.25) is 0 Å². The van der Waals surface area contributed by atoms with E-state index >= 15 is 0 Å². The van der Waals surface area contributed by atoms with Crippen molar-refractivity contribution in [1.29, 1.82) is 0 Å². The molecule has 0 heterocycles. The zero-order valence-electron chi connectivity index (χ0n) is 9.66. The molecule has 0 amide bonds. The van der Waals surface area contributed by atoms with Gasteiger partial charge >= 0.3 is 0 Å². The molecule has 0 spiro atoms. The van der Waals surface area contributed by atoms with Crippen molar-refractivity contribution in [3.8, 4) is 0 Å². The van der Waals surface area contributed by atoms with Gasteiger partial charge in [-0.15, -0.1) is 0 Å². The molecule has 5 N–H and O–H groups in total. The van der Waals surface area contributed by atoms with Crippen molar-refractivity contribution in [2.24, 2.45) is 5.89 Å². The lowest BCUT2D eigenvalue weighted by molar-refractivity contribution is -0.101. The molecular weight excluding hydrogens is 220 g/mol. The van der Waals surface area contributed by atoms with Gasteiger partial charge in [-0.1, -0.05) is 26.1 Å². The van der Waals surface area contributed by atoms with Crippen molar-refractivity contribution >= 4 is 17.1 Å². The van der Waals surface area contributed by atoms with E-state index in [4.69, 9.17) is 23.8 Å². The lowest BCUT2D eigenvalue weighted by Crippen LogP contribution is -2.49. The summed E-state index contributed by atoms with van der Waals surface area (Å²) in [6.45, 7) is 2.11. The first-order valence-electron chi connectivity index (χ1n) is 5.00. The van der Waals surface area contributed by atoms with Crippen LogP contribution in [0.4, 0.5) is 0 Å². The number of rotatable bonds is 6. The predicted molar refractivity (Wildman–Crippen MR) is 58.5 cm³/mol. The average Bonchev–Trinajstić information content (AvgIpc) is 2.22. The van der Waals surface area contributed by atoms with Gasteiger partial charge in [0.1, 0.15) is 24.4 Å². The van der Waals surface area contributed by atoms with Gasteiger partial charge in [0.2, 0.25) is 0 Å². The molecule has 90 valence electrons. The Labute approximate surface area is 95.4 Å². The Bertz CT molecular complexity index is 243. The van der Waals surface area contributed by atoms with Gasteiger partial charge < -0.3 is 25.5 Å². The summed E-state index contributed by atoms with van der Waals surface area (Å²) in [5, 5.41) is 46.0. The molecule has 0 unspecified atom stereocenters. The monoisotopic (exact) mass is 239 g/mol. The van der Waals surface area contributed by atoms with Gasteiger partial charge in [0.05, 0.1) is 6.61 Å². The highest BCUT2D eigenvalue weighted by atomic mass is 32.1. The lowest BCUT2D eigenvalue weighted by Gasteiger charge is -2.27. The molecule has 0 bridgehead atoms. The highest BCUT2D eigenvalue weighted by molar-refractivity contribution is 7.80. The highest BCUT2D eigenvalue weighted by Gasteiger charge is 2.32. The van der Waals surface area contributed by atoms with Gasteiger partial charge in [0.15, 0.2) is 0 Å². The van der Waals surface area contributed by atoms with Crippen LogP contribution in [-0.4, -0.2) is 61.4 Å². The molecule has 4 atom stereocenters. The van der Waals surface area contributed by atoms with E-state index in [1.165, 1.54) is 13.8 Å². The molecule has 0 aromatic rings. The van der Waals surface area contributed by atoms with E-state index in [1.54, 1.807) is 0 Å². The van der Waals surface area contributed by atoms with Crippen LogP contribution >= 0.6 is 12.2 Å². The Morgan fingerprint density at radius 2 is 1.67 bits per heavy atom. The summed E-state index contributed by atoms with van der Waals surface area (Å²) in [5.41, 5.74) is 0. The maximum absolute atomic E-state index is 9.57. The smallest absolute Gasteiger partial charge is 0.114 e. The fraction of sp³-hybridized carbons (Fsp3) is 0.889. The maximum Gasteiger partial charge on any atom is 0.114 e. The summed E-state index contributed by atoms with van der Waals surface area (Å²) in [6.07, 6.45) is -6.64. The number of hydrogen-bond acceptors (Lipinski definition) is 6. The Kier molecular flexibility index (Phi) is 5.59. The molecule has 0 saturated carbocycles. The summed E-state index contributed by atoms with van der Waals surface area (Å²) in [4.78, 5) is -0.149. The molecule has 0 aromatic heterocycles. The number of aliphatic hydroxyl groups excluding tert-OH is 5. The normalized spacial score (nSPS) is 21.4. The second-order valence-corrected chi connectivity index (χ2v) is 3.98. The third-order valence-corrected chi connectivity index (χ3v) is 2.67. The fourth-order valence-corrected chi connectivity index (χ4v) is 1.11. The van der Waals surface area contributed by atoms with Crippen LogP contribution in [-0.2, 0) is 0 Å². The molecule has 0 aliphatic heterocycles. The van der Waals surface area contributed by atoms with Crippen LogP contribution in [0, 0.1) is 5.89 Å². The molecule has 15 heavy (non-hydrogen) atoms. The summed E-state index contributed by atoms with van der Waals surface area (Å²) < 4.78 is 7.55. The van der Waals surface area contributed by atoms with E-state index in [0.29, 0.717) is 0 Å². The third kappa shape index (κ3) is 4.10. The molecule has 0 aliphatic carbocycles. The van der Waals surface area contributed by atoms with Gasteiger partial charge in [-0.05, 0) is 5.89 Å². The fourth-order valence-electron chi connectivity index (χ4n) is 0.973. The third-order valence-electron chi connectivity index (χ3n) is 2.02. The molecule has 0 aliphatic rings. The largest absolute Gasteiger partial charge is 0.394 e. The highest BCUT2D eigenvalue weighted by Crippen LogP contribution is 2.11. The molecule has 0 rings (SSSR count). The van der Waals surface area contributed by atoms with Crippen molar-refractivity contribution in [2.45, 2.75) is 38.3 Å². The maximum atomic E-state index is 9.57. The number of thiocarbonyl (C=S) groups is 1. The Hall–Kier alpha value is -0.110. The van der Waals surface area contributed by atoms with Crippen LogP contribution in [0.15, 0.2) is 0 Å². The lowest BCUT2D eigenvalue weighted by atomic mass is 9.96. The Balaban J connectivity index is 4.61. The van der Waals surface area contributed by atoms with Crippen molar-refractivity contribution in [2.75, 3.05) is 6.61 Å². The number of hydrogen-bond donors (Lipinski definition) is 5. The van der Waals surface area contributed by atoms with Crippen LogP contribution in [0.1, 0.15) is 15.2 Å². The Morgan fingerprint density at radius 1 is 1.20 bits per heavy atom. The molecule has 0 radical (unpaired) electrons. The molecule has 6 heteroatoms. The van der Waals surface area contributed by atoms with E-state index in [1.807, 2.05) is 0 Å². The van der Waals surface area contributed by atoms with Crippen LogP contribution in [0.5, 0.6) is 0 Å². The van der Waals surface area contributed by atoms with E-state index in [-0.39, 0.29) is 4.86 Å². The van der Waals surface area contributed by atoms with Crippen LogP contribution in [0.25, 0.3) is 0 Å². The van der Waals surface area contributed by atoms with E-state index in [9.17, 15) is 15.3 Å². The van der Waals surface area contributed by atoms with Gasteiger partial charge in [-0.2, -0.15) is 0 Å². The second-order valence-electron chi connectivity index (χ2n) is 3.54. The topological polar surface area (TPSA) is 101 Å². The summed E-state index contributed by atoms with van der Waals surface area (Å²) in [5.74, 6) is -1.25. The molecular formula is C9H18O5S. The van der Waals surface area contributed by atoms with E-state index < -0.39 is 36.9 Å². The molecule has 0 fully saturated rings.